The topological polar surface area (TPSA) is 80.0 Å². The maximum Gasteiger partial charge on any atom is 0.257 e. The van der Waals surface area contributed by atoms with E-state index in [0.717, 1.165) is 15.6 Å². The van der Waals surface area contributed by atoms with Crippen LogP contribution in [-0.4, -0.2) is 21.0 Å². The first-order chi connectivity index (χ1) is 14.1. The molecule has 0 fully saturated rings. The van der Waals surface area contributed by atoms with Crippen LogP contribution in [0.25, 0.3) is 22.7 Å². The number of carbonyl (C=O) groups is 1. The Bertz CT molecular complexity index is 1140. The van der Waals surface area contributed by atoms with Crippen LogP contribution in [0.1, 0.15) is 15.9 Å². The summed E-state index contributed by atoms with van der Waals surface area (Å²) in [6.07, 6.45) is 1.68. The SMILES string of the molecule is O=C(NC(=S)NCc1ccc(-c2nc3ncccc3o2)cc1)c1ccc(Br)cc1. The monoisotopic (exact) mass is 466 g/mol. The van der Waals surface area contributed by atoms with E-state index in [-0.39, 0.29) is 11.0 Å². The molecule has 0 aliphatic heterocycles. The van der Waals surface area contributed by atoms with E-state index in [2.05, 4.69) is 36.5 Å². The predicted octanol–water partition coefficient (Wildman–Crippen LogP) is 4.46. The average Bonchev–Trinajstić information content (AvgIpc) is 3.17. The molecule has 0 saturated carbocycles. The van der Waals surface area contributed by atoms with Crippen molar-refractivity contribution >= 4 is 50.4 Å². The number of amides is 1. The Hall–Kier alpha value is -3.10. The molecule has 6 nitrogen and oxygen atoms in total. The van der Waals surface area contributed by atoms with Crippen molar-refractivity contribution in [2.24, 2.45) is 0 Å². The average molecular weight is 467 g/mol. The molecule has 2 aromatic heterocycles. The Morgan fingerprint density at radius 1 is 1.07 bits per heavy atom. The zero-order valence-electron chi connectivity index (χ0n) is 15.1. The van der Waals surface area contributed by atoms with E-state index in [1.54, 1.807) is 30.5 Å². The second-order valence-electron chi connectivity index (χ2n) is 6.18. The van der Waals surface area contributed by atoms with Crippen molar-refractivity contribution in [3.63, 3.8) is 0 Å². The summed E-state index contributed by atoms with van der Waals surface area (Å²) in [6.45, 7) is 0.481. The van der Waals surface area contributed by atoms with E-state index in [0.29, 0.717) is 29.2 Å². The van der Waals surface area contributed by atoms with Gasteiger partial charge in [0.1, 0.15) is 0 Å². The molecule has 8 heteroatoms. The summed E-state index contributed by atoms with van der Waals surface area (Å²) in [6, 6.07) is 18.4. The van der Waals surface area contributed by atoms with Crippen LogP contribution in [0.15, 0.2) is 75.8 Å². The van der Waals surface area contributed by atoms with E-state index in [4.69, 9.17) is 16.6 Å². The highest BCUT2D eigenvalue weighted by Gasteiger charge is 2.10. The second kappa shape index (κ2) is 8.50. The maximum absolute atomic E-state index is 12.2. The van der Waals surface area contributed by atoms with Crippen LogP contribution < -0.4 is 10.6 Å². The number of rotatable bonds is 4. The van der Waals surface area contributed by atoms with Crippen LogP contribution >= 0.6 is 28.1 Å². The minimum Gasteiger partial charge on any atom is -0.434 e. The van der Waals surface area contributed by atoms with Crippen LogP contribution in [0.2, 0.25) is 0 Å². The first-order valence-electron chi connectivity index (χ1n) is 8.74. The number of aromatic nitrogens is 2. The summed E-state index contributed by atoms with van der Waals surface area (Å²) in [5, 5.41) is 5.98. The van der Waals surface area contributed by atoms with Gasteiger partial charge in [0, 0.05) is 28.3 Å². The van der Waals surface area contributed by atoms with Crippen molar-refractivity contribution in [1.29, 1.82) is 0 Å². The van der Waals surface area contributed by atoms with Crippen molar-refractivity contribution in [2.45, 2.75) is 6.54 Å². The number of halogens is 1. The normalized spacial score (nSPS) is 10.7. The number of oxazole rings is 1. The standard InChI is InChI=1S/C21H15BrN4O2S/c22-16-9-7-14(8-10-16)19(27)26-21(29)24-12-13-3-5-15(6-4-13)20-25-18-17(28-20)2-1-11-23-18/h1-11H,12H2,(H2,24,26,27,29). The van der Waals surface area contributed by atoms with Crippen LogP contribution in [0, 0.1) is 0 Å². The largest absolute Gasteiger partial charge is 0.434 e. The summed E-state index contributed by atoms with van der Waals surface area (Å²) in [5.41, 5.74) is 3.64. The van der Waals surface area contributed by atoms with Crippen molar-refractivity contribution in [3.8, 4) is 11.5 Å². The summed E-state index contributed by atoms with van der Waals surface area (Å²) in [4.78, 5) is 20.7. The Balaban J connectivity index is 1.34. The fourth-order valence-electron chi connectivity index (χ4n) is 2.66. The molecule has 2 N–H and O–H groups in total. The number of carbonyl (C=O) groups excluding carboxylic acids is 1. The summed E-state index contributed by atoms with van der Waals surface area (Å²) in [5.74, 6) is 0.269. The first-order valence-corrected chi connectivity index (χ1v) is 9.94. The van der Waals surface area contributed by atoms with E-state index >= 15 is 0 Å². The molecule has 1 amide bonds. The Morgan fingerprint density at radius 2 is 1.83 bits per heavy atom. The van der Waals surface area contributed by atoms with Crippen molar-refractivity contribution in [3.05, 3.63) is 82.5 Å². The van der Waals surface area contributed by atoms with Gasteiger partial charge in [-0.25, -0.2) is 4.98 Å². The van der Waals surface area contributed by atoms with Crippen molar-refractivity contribution < 1.29 is 9.21 Å². The number of nitrogens with one attached hydrogen (secondary N) is 2. The zero-order chi connectivity index (χ0) is 20.2. The summed E-state index contributed by atoms with van der Waals surface area (Å²) >= 11 is 8.55. The lowest BCUT2D eigenvalue weighted by atomic mass is 10.1. The predicted molar refractivity (Wildman–Crippen MR) is 118 cm³/mol. The van der Waals surface area contributed by atoms with Crippen LogP contribution in [0.5, 0.6) is 0 Å². The lowest BCUT2D eigenvalue weighted by Crippen LogP contribution is -2.38. The lowest BCUT2D eigenvalue weighted by Gasteiger charge is -2.10. The number of hydrogen-bond donors (Lipinski definition) is 2. The molecule has 0 atom stereocenters. The van der Waals surface area contributed by atoms with Gasteiger partial charge in [-0.2, -0.15) is 4.98 Å². The van der Waals surface area contributed by atoms with Crippen molar-refractivity contribution in [1.82, 2.24) is 20.6 Å². The second-order valence-corrected chi connectivity index (χ2v) is 7.51. The Morgan fingerprint density at radius 3 is 2.55 bits per heavy atom. The van der Waals surface area contributed by atoms with Gasteiger partial charge in [0.2, 0.25) is 5.89 Å². The van der Waals surface area contributed by atoms with Crippen molar-refractivity contribution in [2.75, 3.05) is 0 Å². The molecule has 0 unspecified atom stereocenters. The Labute approximate surface area is 180 Å². The number of benzene rings is 2. The third-order valence-electron chi connectivity index (χ3n) is 4.15. The minimum atomic E-state index is -0.255. The van der Waals surface area contributed by atoms with E-state index in [1.165, 1.54) is 0 Å². The highest BCUT2D eigenvalue weighted by atomic mass is 79.9. The number of fused-ring (bicyclic) bond motifs is 1. The smallest absolute Gasteiger partial charge is 0.257 e. The molecule has 0 aliphatic carbocycles. The molecule has 2 heterocycles. The lowest BCUT2D eigenvalue weighted by molar-refractivity contribution is 0.0976. The molecule has 0 bridgehead atoms. The summed E-state index contributed by atoms with van der Waals surface area (Å²) < 4.78 is 6.63. The molecular formula is C21H15BrN4O2S. The number of nitrogens with zero attached hydrogens (tertiary/aromatic N) is 2. The highest BCUT2D eigenvalue weighted by molar-refractivity contribution is 9.10. The number of thiocarbonyl (C=S) groups is 1. The van der Waals surface area contributed by atoms with Gasteiger partial charge in [-0.3, -0.25) is 10.1 Å². The Kier molecular flexibility index (Phi) is 5.64. The third-order valence-corrected chi connectivity index (χ3v) is 4.93. The fourth-order valence-corrected chi connectivity index (χ4v) is 3.09. The first kappa shape index (κ1) is 19.2. The summed E-state index contributed by atoms with van der Waals surface area (Å²) in [7, 11) is 0. The van der Waals surface area contributed by atoms with Gasteiger partial charge < -0.3 is 9.73 Å². The maximum atomic E-state index is 12.2. The molecule has 2 aromatic carbocycles. The quantitative estimate of drug-likeness (QED) is 0.432. The van der Waals surface area contributed by atoms with Crippen LogP contribution in [-0.2, 0) is 6.54 Å². The van der Waals surface area contributed by atoms with Crippen LogP contribution in [0.3, 0.4) is 0 Å². The van der Waals surface area contributed by atoms with Gasteiger partial charge in [-0.1, -0.05) is 28.1 Å². The van der Waals surface area contributed by atoms with Gasteiger partial charge in [-0.05, 0) is 66.3 Å². The molecule has 0 saturated heterocycles. The molecular weight excluding hydrogens is 452 g/mol. The molecule has 4 aromatic rings. The molecule has 4 rings (SSSR count). The van der Waals surface area contributed by atoms with E-state index in [9.17, 15) is 4.79 Å². The number of pyridine rings is 1. The van der Waals surface area contributed by atoms with E-state index < -0.39 is 0 Å². The number of hydrogen-bond acceptors (Lipinski definition) is 5. The van der Waals surface area contributed by atoms with Gasteiger partial charge in [0.25, 0.3) is 5.91 Å². The van der Waals surface area contributed by atoms with Gasteiger partial charge in [-0.15, -0.1) is 0 Å². The zero-order valence-corrected chi connectivity index (χ0v) is 17.5. The molecule has 144 valence electrons. The highest BCUT2D eigenvalue weighted by Crippen LogP contribution is 2.23. The van der Waals surface area contributed by atoms with Gasteiger partial charge >= 0.3 is 0 Å². The van der Waals surface area contributed by atoms with E-state index in [1.807, 2.05) is 36.4 Å². The van der Waals surface area contributed by atoms with Gasteiger partial charge in [0.15, 0.2) is 16.3 Å². The molecule has 0 spiro atoms. The molecule has 0 aliphatic rings. The minimum absolute atomic E-state index is 0.255. The van der Waals surface area contributed by atoms with Gasteiger partial charge in [0.05, 0.1) is 0 Å². The molecule has 29 heavy (non-hydrogen) atoms. The van der Waals surface area contributed by atoms with Crippen LogP contribution in [0.4, 0.5) is 0 Å². The fraction of sp³-hybridized carbons (Fsp3) is 0.0476. The molecule has 0 radical (unpaired) electrons. The third kappa shape index (κ3) is 4.67.